The molecule has 3 N–H and O–H groups in total. The SMILES string of the molecule is O=c1ccc2cnc(Nc3cccc(N4CCNCC4)c3)nc2n1CCC1CNC1. The fourth-order valence-corrected chi connectivity index (χ4v) is 4.04. The van der Waals surface area contributed by atoms with Gasteiger partial charge in [0.2, 0.25) is 5.95 Å². The van der Waals surface area contributed by atoms with Gasteiger partial charge in [-0.1, -0.05) is 6.07 Å². The number of hydrogen-bond donors (Lipinski definition) is 3. The van der Waals surface area contributed by atoms with Crippen LogP contribution in [-0.4, -0.2) is 53.8 Å². The highest BCUT2D eigenvalue weighted by molar-refractivity contribution is 5.76. The molecule has 0 atom stereocenters. The van der Waals surface area contributed by atoms with Gasteiger partial charge in [0.15, 0.2) is 0 Å². The van der Waals surface area contributed by atoms with Crippen molar-refractivity contribution in [1.82, 2.24) is 25.2 Å². The molecule has 1 aromatic carbocycles. The molecule has 2 aromatic heterocycles. The molecule has 4 heterocycles. The first kappa shape index (κ1) is 19.0. The van der Waals surface area contributed by atoms with E-state index < -0.39 is 0 Å². The van der Waals surface area contributed by atoms with E-state index in [9.17, 15) is 4.79 Å². The third kappa shape index (κ3) is 4.01. The third-order valence-corrected chi connectivity index (χ3v) is 5.93. The number of benzene rings is 1. The molecule has 2 aliphatic rings. The molecular weight excluding hydrogens is 378 g/mol. The number of anilines is 3. The minimum absolute atomic E-state index is 0.0138. The summed E-state index contributed by atoms with van der Waals surface area (Å²) < 4.78 is 1.78. The Morgan fingerprint density at radius 1 is 1.10 bits per heavy atom. The molecule has 2 fully saturated rings. The zero-order chi connectivity index (χ0) is 20.3. The first-order valence-electron chi connectivity index (χ1n) is 10.7. The van der Waals surface area contributed by atoms with Crippen LogP contribution in [0.1, 0.15) is 6.42 Å². The van der Waals surface area contributed by atoms with Gasteiger partial charge in [0.05, 0.1) is 0 Å². The number of aromatic nitrogens is 3. The van der Waals surface area contributed by atoms with E-state index in [1.54, 1.807) is 22.9 Å². The highest BCUT2D eigenvalue weighted by atomic mass is 16.1. The standard InChI is InChI=1S/C22H27N7O/c30-20-5-4-17-15-25-22(27-21(17)29(20)9-6-16-13-24-14-16)26-18-2-1-3-19(12-18)28-10-7-23-8-11-28/h1-5,12,15-16,23-24H,6-11,13-14H2,(H,25,26,27). The van der Waals surface area contributed by atoms with Crippen LogP contribution in [-0.2, 0) is 6.54 Å². The second kappa shape index (κ2) is 8.41. The van der Waals surface area contributed by atoms with Crippen molar-refractivity contribution in [2.45, 2.75) is 13.0 Å². The molecule has 2 aliphatic heterocycles. The highest BCUT2D eigenvalue weighted by Gasteiger charge is 2.17. The van der Waals surface area contributed by atoms with Gasteiger partial charge in [0.1, 0.15) is 5.65 Å². The Hall–Kier alpha value is -2.97. The van der Waals surface area contributed by atoms with E-state index in [-0.39, 0.29) is 5.56 Å². The van der Waals surface area contributed by atoms with Crippen LogP contribution in [0.5, 0.6) is 0 Å². The van der Waals surface area contributed by atoms with Crippen LogP contribution in [0.3, 0.4) is 0 Å². The first-order valence-corrected chi connectivity index (χ1v) is 10.7. The van der Waals surface area contributed by atoms with E-state index in [1.165, 1.54) is 5.69 Å². The number of pyridine rings is 1. The van der Waals surface area contributed by atoms with Gasteiger partial charge >= 0.3 is 0 Å². The normalized spacial score (nSPS) is 17.1. The van der Waals surface area contributed by atoms with E-state index in [0.29, 0.717) is 24.1 Å². The lowest BCUT2D eigenvalue weighted by atomic mass is 9.99. The Bertz CT molecular complexity index is 1090. The molecule has 0 saturated carbocycles. The molecule has 0 spiro atoms. The second-order valence-corrected chi connectivity index (χ2v) is 8.02. The van der Waals surface area contributed by atoms with Crippen LogP contribution in [0, 0.1) is 5.92 Å². The van der Waals surface area contributed by atoms with Crippen LogP contribution < -0.4 is 26.4 Å². The second-order valence-electron chi connectivity index (χ2n) is 8.02. The van der Waals surface area contributed by atoms with Crippen molar-refractivity contribution in [2.24, 2.45) is 5.92 Å². The minimum atomic E-state index is -0.0138. The fourth-order valence-electron chi connectivity index (χ4n) is 4.04. The van der Waals surface area contributed by atoms with Crippen LogP contribution in [0.2, 0.25) is 0 Å². The summed E-state index contributed by atoms with van der Waals surface area (Å²) in [6.45, 7) is 6.74. The van der Waals surface area contributed by atoms with Crippen molar-refractivity contribution in [1.29, 1.82) is 0 Å². The summed E-state index contributed by atoms with van der Waals surface area (Å²) in [6, 6.07) is 11.7. The van der Waals surface area contributed by atoms with Gasteiger partial charge in [-0.3, -0.25) is 9.36 Å². The van der Waals surface area contributed by atoms with E-state index in [1.807, 2.05) is 12.1 Å². The minimum Gasteiger partial charge on any atom is -0.369 e. The summed E-state index contributed by atoms with van der Waals surface area (Å²) >= 11 is 0. The first-order chi connectivity index (χ1) is 14.8. The lowest BCUT2D eigenvalue weighted by Gasteiger charge is -2.29. The zero-order valence-electron chi connectivity index (χ0n) is 17.0. The van der Waals surface area contributed by atoms with Crippen molar-refractivity contribution >= 4 is 28.4 Å². The molecule has 8 heteroatoms. The maximum absolute atomic E-state index is 12.5. The topological polar surface area (TPSA) is 87.1 Å². The van der Waals surface area contributed by atoms with E-state index in [4.69, 9.17) is 4.98 Å². The van der Waals surface area contributed by atoms with Gasteiger partial charge in [-0.25, -0.2) is 4.98 Å². The summed E-state index contributed by atoms with van der Waals surface area (Å²) in [4.78, 5) is 24.0. The summed E-state index contributed by atoms with van der Waals surface area (Å²) in [5.41, 5.74) is 2.80. The molecule has 0 radical (unpaired) electrons. The van der Waals surface area contributed by atoms with Crippen molar-refractivity contribution in [3.63, 3.8) is 0 Å². The summed E-state index contributed by atoms with van der Waals surface area (Å²) in [5.74, 6) is 1.14. The number of piperazine rings is 1. The van der Waals surface area contributed by atoms with Crippen LogP contribution in [0.4, 0.5) is 17.3 Å². The van der Waals surface area contributed by atoms with Gasteiger partial charge in [-0.15, -0.1) is 0 Å². The molecule has 0 amide bonds. The van der Waals surface area contributed by atoms with Crippen molar-refractivity contribution in [3.05, 3.63) is 52.9 Å². The number of nitrogens with zero attached hydrogens (tertiary/aromatic N) is 4. The average Bonchev–Trinajstić information content (AvgIpc) is 2.75. The Kier molecular flexibility index (Phi) is 5.33. The fraction of sp³-hybridized carbons (Fsp3) is 0.409. The zero-order valence-corrected chi connectivity index (χ0v) is 17.0. The molecule has 3 aromatic rings. The lowest BCUT2D eigenvalue weighted by molar-refractivity contribution is 0.312. The molecule has 8 nitrogen and oxygen atoms in total. The number of hydrogen-bond acceptors (Lipinski definition) is 7. The van der Waals surface area contributed by atoms with Gasteiger partial charge in [-0.2, -0.15) is 4.98 Å². The Morgan fingerprint density at radius 3 is 2.77 bits per heavy atom. The summed E-state index contributed by atoms with van der Waals surface area (Å²) in [5, 5.41) is 10.9. The molecule has 0 bridgehead atoms. The molecule has 0 unspecified atom stereocenters. The molecule has 156 valence electrons. The maximum Gasteiger partial charge on any atom is 0.252 e. The van der Waals surface area contributed by atoms with Crippen LogP contribution >= 0.6 is 0 Å². The predicted molar refractivity (Wildman–Crippen MR) is 120 cm³/mol. The third-order valence-electron chi connectivity index (χ3n) is 5.93. The summed E-state index contributed by atoms with van der Waals surface area (Å²) in [6.07, 6.45) is 2.76. The van der Waals surface area contributed by atoms with Crippen molar-refractivity contribution in [2.75, 3.05) is 49.5 Å². The molecule has 0 aliphatic carbocycles. The molecule has 2 saturated heterocycles. The highest BCUT2D eigenvalue weighted by Crippen LogP contribution is 2.22. The Morgan fingerprint density at radius 2 is 1.97 bits per heavy atom. The number of rotatable bonds is 6. The number of fused-ring (bicyclic) bond motifs is 1. The maximum atomic E-state index is 12.5. The largest absolute Gasteiger partial charge is 0.369 e. The van der Waals surface area contributed by atoms with E-state index in [2.05, 4.69) is 38.0 Å². The Balaban J connectivity index is 1.40. The van der Waals surface area contributed by atoms with Gasteiger partial charge in [0, 0.05) is 61.7 Å². The summed E-state index contributed by atoms with van der Waals surface area (Å²) in [7, 11) is 0. The predicted octanol–water partition coefficient (Wildman–Crippen LogP) is 1.55. The number of aryl methyl sites for hydroxylation is 1. The quantitative estimate of drug-likeness (QED) is 0.574. The molecular formula is C22H27N7O. The van der Waals surface area contributed by atoms with E-state index in [0.717, 1.165) is 56.8 Å². The number of nitrogens with one attached hydrogen (secondary N) is 3. The monoisotopic (exact) mass is 405 g/mol. The van der Waals surface area contributed by atoms with Crippen molar-refractivity contribution < 1.29 is 0 Å². The Labute approximate surface area is 175 Å². The van der Waals surface area contributed by atoms with Gasteiger partial charge in [0.25, 0.3) is 5.56 Å². The van der Waals surface area contributed by atoms with Gasteiger partial charge < -0.3 is 20.9 Å². The molecule has 30 heavy (non-hydrogen) atoms. The van der Waals surface area contributed by atoms with E-state index >= 15 is 0 Å². The van der Waals surface area contributed by atoms with Crippen LogP contribution in [0.25, 0.3) is 11.0 Å². The van der Waals surface area contributed by atoms with Gasteiger partial charge in [-0.05, 0) is 49.7 Å². The molecule has 5 rings (SSSR count). The smallest absolute Gasteiger partial charge is 0.252 e. The van der Waals surface area contributed by atoms with Crippen LogP contribution in [0.15, 0.2) is 47.4 Å². The lowest BCUT2D eigenvalue weighted by Crippen LogP contribution is -2.43. The van der Waals surface area contributed by atoms with Crippen molar-refractivity contribution in [3.8, 4) is 0 Å². The average molecular weight is 406 g/mol.